The molecule has 4 nitrogen and oxygen atoms in total. The van der Waals surface area contributed by atoms with Gasteiger partial charge in [-0.2, -0.15) is 21.6 Å². The van der Waals surface area contributed by atoms with Gasteiger partial charge in [-0.05, 0) is 117 Å². The van der Waals surface area contributed by atoms with Crippen molar-refractivity contribution in [2.75, 3.05) is 6.54 Å². The van der Waals surface area contributed by atoms with Crippen molar-refractivity contribution in [3.63, 3.8) is 0 Å². The predicted molar refractivity (Wildman–Crippen MR) is 139 cm³/mol. The Morgan fingerprint density at radius 3 is 2.35 bits per heavy atom. The molecule has 0 saturated heterocycles. The smallest absolute Gasteiger partial charge is 0.380 e. The van der Waals surface area contributed by atoms with E-state index in [1.54, 1.807) is 6.08 Å². The van der Waals surface area contributed by atoms with Crippen molar-refractivity contribution < 1.29 is 25.8 Å². The Bertz CT molecular complexity index is 1040. The van der Waals surface area contributed by atoms with Gasteiger partial charge in [-0.3, -0.25) is 0 Å². The first kappa shape index (κ1) is 27.8. The normalized spacial score (nSPS) is 45.2. The molecule has 5 aliphatic carbocycles. The zero-order valence-electron chi connectivity index (χ0n) is 23.2. The number of fused-ring (bicyclic) bond motifs is 7. The van der Waals surface area contributed by atoms with E-state index in [1.165, 1.54) is 44.9 Å². The van der Waals surface area contributed by atoms with E-state index in [0.29, 0.717) is 23.8 Å². The Balaban J connectivity index is 1.43. The lowest BCUT2D eigenvalue weighted by atomic mass is 9.37. The molecule has 3 unspecified atom stereocenters. The number of hydrogen-bond donors (Lipinski definition) is 1. The molecule has 0 bridgehead atoms. The monoisotopic (exact) mass is 545 g/mol. The van der Waals surface area contributed by atoms with Crippen LogP contribution in [0, 0.1) is 45.8 Å². The van der Waals surface area contributed by atoms with Gasteiger partial charge in [0.05, 0.1) is 0 Å². The first-order valence-electron chi connectivity index (χ1n) is 14.6. The summed E-state index contributed by atoms with van der Waals surface area (Å²) >= 11 is 0. The first-order chi connectivity index (χ1) is 17.1. The van der Waals surface area contributed by atoms with Crippen LogP contribution in [0.3, 0.4) is 0 Å². The van der Waals surface area contributed by atoms with E-state index in [2.05, 4.69) is 26.1 Å². The zero-order chi connectivity index (χ0) is 27.1. The van der Waals surface area contributed by atoms with Crippen LogP contribution in [0.2, 0.25) is 0 Å². The van der Waals surface area contributed by atoms with Crippen LogP contribution in [0.1, 0.15) is 105 Å². The molecule has 0 aliphatic heterocycles. The van der Waals surface area contributed by atoms with Crippen molar-refractivity contribution in [2.24, 2.45) is 45.8 Å². The predicted octanol–water partition coefficient (Wildman–Crippen LogP) is 7.56. The largest absolute Gasteiger partial charge is 0.534 e. The minimum Gasteiger partial charge on any atom is -0.380 e. The molecule has 0 amide bonds. The van der Waals surface area contributed by atoms with Gasteiger partial charge in [-0.1, -0.05) is 41.0 Å². The standard InChI is InChI=1S/C29H46F3NO3S/c1-6-18-33-28-14-7-8-21(28)19-9-10-23-26(4,20(19)11-17-28)15-12-22-25(2,3)24(13-16-27(22,23)5)36-37(34,35)29(30,31)32/h13,19-23,33H,6-12,14-18H2,1-5H3/t19-,20?,21+,22?,23?,26-,27-,28-/m0/s1. The van der Waals surface area contributed by atoms with E-state index in [0.717, 1.165) is 37.6 Å². The molecule has 0 radical (unpaired) electrons. The number of alkyl halides is 3. The van der Waals surface area contributed by atoms with Crippen LogP contribution < -0.4 is 5.32 Å². The Morgan fingerprint density at radius 1 is 0.946 bits per heavy atom. The van der Waals surface area contributed by atoms with Gasteiger partial charge in [0.2, 0.25) is 0 Å². The molecule has 0 aromatic carbocycles. The SMILES string of the molecule is CCCN[C@]12CCC[C@@H]1[C@H]1CCC3[C@@](C)(CCC4C(C)(C)C(OS(=O)(=O)C(F)(F)F)=CC[C@@]43C)C1CC2. The van der Waals surface area contributed by atoms with E-state index in [4.69, 9.17) is 4.18 Å². The number of nitrogens with one attached hydrogen (secondary N) is 1. The fourth-order valence-corrected chi connectivity index (χ4v) is 11.4. The molecule has 5 aliphatic rings. The molecular weight excluding hydrogens is 499 g/mol. The third kappa shape index (κ3) is 4.03. The van der Waals surface area contributed by atoms with Gasteiger partial charge in [-0.25, -0.2) is 0 Å². The molecule has 0 heterocycles. The van der Waals surface area contributed by atoms with E-state index >= 15 is 0 Å². The Morgan fingerprint density at radius 2 is 1.68 bits per heavy atom. The van der Waals surface area contributed by atoms with Gasteiger partial charge >= 0.3 is 15.6 Å². The summed E-state index contributed by atoms with van der Waals surface area (Å²) in [5.74, 6) is 2.74. The third-order valence-corrected chi connectivity index (χ3v) is 13.2. The lowest BCUT2D eigenvalue weighted by Crippen LogP contribution is -2.63. The van der Waals surface area contributed by atoms with Crippen LogP contribution in [-0.2, 0) is 14.3 Å². The molecule has 0 aromatic rings. The van der Waals surface area contributed by atoms with Crippen LogP contribution >= 0.6 is 0 Å². The summed E-state index contributed by atoms with van der Waals surface area (Å²) in [6, 6.07) is 0. The summed E-state index contributed by atoms with van der Waals surface area (Å²) in [6.45, 7) is 12.0. The number of allylic oxidation sites excluding steroid dienone is 2. The molecule has 8 atom stereocenters. The van der Waals surface area contributed by atoms with Crippen molar-refractivity contribution in [1.82, 2.24) is 5.32 Å². The van der Waals surface area contributed by atoms with E-state index < -0.39 is 21.0 Å². The maximum Gasteiger partial charge on any atom is 0.534 e. The summed E-state index contributed by atoms with van der Waals surface area (Å²) in [6.07, 6.45) is 14.3. The molecular formula is C29H46F3NO3S. The fourth-order valence-electron chi connectivity index (χ4n) is 10.8. The summed E-state index contributed by atoms with van der Waals surface area (Å²) < 4.78 is 67.9. The van der Waals surface area contributed by atoms with Crippen LogP contribution in [0.15, 0.2) is 11.8 Å². The van der Waals surface area contributed by atoms with Gasteiger partial charge in [0.1, 0.15) is 5.76 Å². The maximum absolute atomic E-state index is 13.1. The third-order valence-electron chi connectivity index (χ3n) is 12.2. The van der Waals surface area contributed by atoms with Crippen LogP contribution in [-0.4, -0.2) is 26.0 Å². The van der Waals surface area contributed by atoms with E-state index in [1.807, 2.05) is 13.8 Å². The van der Waals surface area contributed by atoms with Crippen molar-refractivity contribution in [2.45, 2.75) is 116 Å². The Hall–Kier alpha value is -0.760. The molecule has 8 heteroatoms. The quantitative estimate of drug-likeness (QED) is 0.286. The molecule has 37 heavy (non-hydrogen) atoms. The second kappa shape index (κ2) is 8.87. The lowest BCUT2D eigenvalue weighted by molar-refractivity contribution is -0.179. The van der Waals surface area contributed by atoms with Gasteiger partial charge in [0, 0.05) is 11.0 Å². The average molecular weight is 546 g/mol. The zero-order valence-corrected chi connectivity index (χ0v) is 24.0. The first-order valence-corrected chi connectivity index (χ1v) is 16.0. The van der Waals surface area contributed by atoms with Crippen LogP contribution in [0.5, 0.6) is 0 Å². The molecule has 0 aromatic heterocycles. The lowest BCUT2D eigenvalue weighted by Gasteiger charge is -2.68. The van der Waals surface area contributed by atoms with Crippen LogP contribution in [0.4, 0.5) is 13.2 Å². The van der Waals surface area contributed by atoms with Gasteiger partial charge in [-0.15, -0.1) is 0 Å². The van der Waals surface area contributed by atoms with Crippen LogP contribution in [0.25, 0.3) is 0 Å². The van der Waals surface area contributed by atoms with Crippen molar-refractivity contribution >= 4 is 10.1 Å². The summed E-state index contributed by atoms with van der Waals surface area (Å²) in [7, 11) is -5.67. The highest BCUT2D eigenvalue weighted by Crippen LogP contribution is 2.72. The molecule has 0 spiro atoms. The second-order valence-corrected chi connectivity index (χ2v) is 15.6. The summed E-state index contributed by atoms with van der Waals surface area (Å²) in [5, 5.41) is 4.01. The van der Waals surface area contributed by atoms with E-state index in [9.17, 15) is 21.6 Å². The Kier molecular flexibility index (Phi) is 6.66. The summed E-state index contributed by atoms with van der Waals surface area (Å²) in [4.78, 5) is 0. The number of hydrogen-bond acceptors (Lipinski definition) is 4. The van der Waals surface area contributed by atoms with Crippen molar-refractivity contribution in [3.05, 3.63) is 11.8 Å². The minimum atomic E-state index is -5.67. The minimum absolute atomic E-state index is 0.0278. The molecule has 4 saturated carbocycles. The van der Waals surface area contributed by atoms with Crippen molar-refractivity contribution in [3.8, 4) is 0 Å². The molecule has 212 valence electrons. The highest BCUT2D eigenvalue weighted by molar-refractivity contribution is 7.87. The Labute approximate surface area is 221 Å². The number of halogens is 3. The molecule has 4 fully saturated rings. The average Bonchev–Trinajstić information content (AvgIpc) is 3.23. The fraction of sp³-hybridized carbons (Fsp3) is 0.931. The maximum atomic E-state index is 13.1. The topological polar surface area (TPSA) is 55.4 Å². The van der Waals surface area contributed by atoms with E-state index in [-0.39, 0.29) is 22.5 Å². The van der Waals surface area contributed by atoms with Crippen molar-refractivity contribution in [1.29, 1.82) is 0 Å². The van der Waals surface area contributed by atoms with Gasteiger partial charge < -0.3 is 9.50 Å². The van der Waals surface area contributed by atoms with Gasteiger partial charge in [0.25, 0.3) is 0 Å². The summed E-state index contributed by atoms with van der Waals surface area (Å²) in [5.41, 5.74) is -5.74. The van der Waals surface area contributed by atoms with Gasteiger partial charge in [0.15, 0.2) is 0 Å². The highest BCUT2D eigenvalue weighted by Gasteiger charge is 2.66. The number of rotatable bonds is 5. The molecule has 1 N–H and O–H groups in total. The molecule has 5 rings (SSSR count). The highest BCUT2D eigenvalue weighted by atomic mass is 32.2. The second-order valence-electron chi connectivity index (χ2n) is 14.1.